The van der Waals surface area contributed by atoms with Crippen LogP contribution in [-0.2, 0) is 18.3 Å². The number of carbonyl (C=O) groups excluding carboxylic acids is 1. The Hall–Kier alpha value is -3.08. The van der Waals surface area contributed by atoms with E-state index in [0.717, 1.165) is 22.7 Å². The Bertz CT molecular complexity index is 843. The summed E-state index contributed by atoms with van der Waals surface area (Å²) in [7, 11) is 3.54. The second-order valence-corrected chi connectivity index (χ2v) is 5.80. The van der Waals surface area contributed by atoms with Gasteiger partial charge in [0.1, 0.15) is 17.6 Å². The number of nitrogens with one attached hydrogen (secondary N) is 1. The van der Waals surface area contributed by atoms with Crippen LogP contribution in [0, 0.1) is 0 Å². The quantitative estimate of drug-likeness (QED) is 0.753. The SMILES string of the molecule is COc1ccccc1[C@H](NC(=O)Cc1ccccc1)c1nccn1C. The molecule has 0 radical (unpaired) electrons. The van der Waals surface area contributed by atoms with Gasteiger partial charge in [0, 0.05) is 25.0 Å². The molecule has 128 valence electrons. The van der Waals surface area contributed by atoms with Gasteiger partial charge in [-0.3, -0.25) is 4.79 Å². The van der Waals surface area contributed by atoms with Gasteiger partial charge in [-0.2, -0.15) is 0 Å². The first-order chi connectivity index (χ1) is 12.2. The first kappa shape index (κ1) is 16.8. The monoisotopic (exact) mass is 335 g/mol. The topological polar surface area (TPSA) is 56.1 Å². The van der Waals surface area contributed by atoms with Gasteiger partial charge in [0.15, 0.2) is 0 Å². The number of amides is 1. The highest BCUT2D eigenvalue weighted by molar-refractivity contribution is 5.79. The van der Waals surface area contributed by atoms with Crippen molar-refractivity contribution in [3.05, 3.63) is 83.9 Å². The van der Waals surface area contributed by atoms with E-state index in [1.165, 1.54) is 0 Å². The van der Waals surface area contributed by atoms with Crippen molar-refractivity contribution in [3.63, 3.8) is 0 Å². The summed E-state index contributed by atoms with van der Waals surface area (Å²) in [6.45, 7) is 0. The van der Waals surface area contributed by atoms with Gasteiger partial charge in [0.25, 0.3) is 0 Å². The minimum absolute atomic E-state index is 0.0647. The lowest BCUT2D eigenvalue weighted by Gasteiger charge is -2.21. The van der Waals surface area contributed by atoms with Crippen LogP contribution in [-0.4, -0.2) is 22.6 Å². The van der Waals surface area contributed by atoms with Crippen molar-refractivity contribution in [2.45, 2.75) is 12.5 Å². The Kier molecular flexibility index (Phi) is 5.14. The Morgan fingerprint density at radius 1 is 1.16 bits per heavy atom. The standard InChI is InChI=1S/C20H21N3O2/c1-23-13-12-21-20(23)19(16-10-6-7-11-17(16)25-2)22-18(24)14-15-8-4-3-5-9-15/h3-13,19H,14H2,1-2H3,(H,22,24)/t19-/m0/s1. The Morgan fingerprint density at radius 3 is 2.56 bits per heavy atom. The minimum atomic E-state index is -0.382. The molecule has 0 unspecified atom stereocenters. The van der Waals surface area contributed by atoms with E-state index in [0.29, 0.717) is 6.42 Å². The van der Waals surface area contributed by atoms with Gasteiger partial charge in [0.2, 0.25) is 5.91 Å². The lowest BCUT2D eigenvalue weighted by molar-refractivity contribution is -0.121. The van der Waals surface area contributed by atoms with Crippen molar-refractivity contribution >= 4 is 5.91 Å². The summed E-state index contributed by atoms with van der Waals surface area (Å²) in [5, 5.41) is 3.10. The molecule has 3 aromatic rings. The number of rotatable bonds is 6. The highest BCUT2D eigenvalue weighted by Gasteiger charge is 2.23. The van der Waals surface area contributed by atoms with Crippen molar-refractivity contribution in [1.29, 1.82) is 0 Å². The van der Waals surface area contributed by atoms with E-state index in [1.807, 2.05) is 72.4 Å². The molecule has 0 aliphatic rings. The Morgan fingerprint density at radius 2 is 1.88 bits per heavy atom. The van der Waals surface area contributed by atoms with E-state index in [9.17, 15) is 4.79 Å². The molecule has 0 fully saturated rings. The van der Waals surface area contributed by atoms with E-state index in [1.54, 1.807) is 13.3 Å². The molecule has 0 saturated carbocycles. The summed E-state index contributed by atoms with van der Waals surface area (Å²) in [5.41, 5.74) is 1.85. The highest BCUT2D eigenvalue weighted by Crippen LogP contribution is 2.29. The second kappa shape index (κ2) is 7.66. The van der Waals surface area contributed by atoms with Crippen molar-refractivity contribution in [1.82, 2.24) is 14.9 Å². The number of aryl methyl sites for hydroxylation is 1. The molecule has 0 bridgehead atoms. The van der Waals surface area contributed by atoms with Crippen LogP contribution in [0.5, 0.6) is 5.75 Å². The molecular formula is C20H21N3O2. The first-order valence-corrected chi connectivity index (χ1v) is 8.12. The van der Waals surface area contributed by atoms with Crippen LogP contribution in [0.2, 0.25) is 0 Å². The molecule has 25 heavy (non-hydrogen) atoms. The van der Waals surface area contributed by atoms with Crippen LogP contribution in [0.25, 0.3) is 0 Å². The molecule has 1 amide bonds. The van der Waals surface area contributed by atoms with Crippen molar-refractivity contribution in [2.24, 2.45) is 7.05 Å². The fourth-order valence-electron chi connectivity index (χ4n) is 2.83. The van der Waals surface area contributed by atoms with Crippen molar-refractivity contribution < 1.29 is 9.53 Å². The van der Waals surface area contributed by atoms with Gasteiger partial charge in [-0.1, -0.05) is 48.5 Å². The van der Waals surface area contributed by atoms with Crippen LogP contribution in [0.4, 0.5) is 0 Å². The number of aromatic nitrogens is 2. The predicted octanol–water partition coefficient (Wildman–Crippen LogP) is 2.88. The largest absolute Gasteiger partial charge is 0.496 e. The summed E-state index contributed by atoms with van der Waals surface area (Å²) in [4.78, 5) is 17.0. The predicted molar refractivity (Wildman–Crippen MR) is 96.3 cm³/mol. The zero-order valence-corrected chi connectivity index (χ0v) is 14.3. The average molecular weight is 335 g/mol. The van der Waals surface area contributed by atoms with Gasteiger partial charge in [-0.25, -0.2) is 4.98 Å². The molecule has 0 saturated heterocycles. The third kappa shape index (κ3) is 3.88. The van der Waals surface area contributed by atoms with Crippen LogP contribution >= 0.6 is 0 Å². The van der Waals surface area contributed by atoms with E-state index in [2.05, 4.69) is 10.3 Å². The molecule has 3 rings (SSSR count). The van der Waals surface area contributed by atoms with Crippen LogP contribution in [0.1, 0.15) is 23.0 Å². The zero-order chi connectivity index (χ0) is 17.6. The molecule has 5 nitrogen and oxygen atoms in total. The molecule has 0 spiro atoms. The number of methoxy groups -OCH3 is 1. The fourth-order valence-corrected chi connectivity index (χ4v) is 2.83. The maximum Gasteiger partial charge on any atom is 0.225 e. The number of imidazole rings is 1. The van der Waals surface area contributed by atoms with Gasteiger partial charge < -0.3 is 14.6 Å². The number of nitrogens with zero attached hydrogens (tertiary/aromatic N) is 2. The Balaban J connectivity index is 1.90. The van der Waals surface area contributed by atoms with Crippen LogP contribution in [0.3, 0.4) is 0 Å². The molecule has 1 heterocycles. The van der Waals surface area contributed by atoms with Crippen LogP contribution < -0.4 is 10.1 Å². The Labute approximate surface area is 147 Å². The third-order valence-electron chi connectivity index (χ3n) is 4.08. The number of ether oxygens (including phenoxy) is 1. The molecule has 0 aliphatic carbocycles. The average Bonchev–Trinajstić information content (AvgIpc) is 3.06. The molecule has 1 atom stereocenters. The van der Waals surface area contributed by atoms with Gasteiger partial charge in [0.05, 0.1) is 13.5 Å². The van der Waals surface area contributed by atoms with Crippen molar-refractivity contribution in [3.8, 4) is 5.75 Å². The number of hydrogen-bond acceptors (Lipinski definition) is 3. The number of benzene rings is 2. The smallest absolute Gasteiger partial charge is 0.225 e. The highest BCUT2D eigenvalue weighted by atomic mass is 16.5. The number of carbonyl (C=O) groups is 1. The van der Waals surface area contributed by atoms with Crippen LogP contribution in [0.15, 0.2) is 67.0 Å². The van der Waals surface area contributed by atoms with Crippen molar-refractivity contribution in [2.75, 3.05) is 7.11 Å². The number of para-hydroxylation sites is 1. The summed E-state index contributed by atoms with van der Waals surface area (Å²) in [5.74, 6) is 1.41. The first-order valence-electron chi connectivity index (χ1n) is 8.12. The summed E-state index contributed by atoms with van der Waals surface area (Å²) < 4.78 is 7.38. The van der Waals surface area contributed by atoms with E-state index in [-0.39, 0.29) is 11.9 Å². The molecule has 0 aliphatic heterocycles. The lowest BCUT2D eigenvalue weighted by atomic mass is 10.0. The molecule has 1 N–H and O–H groups in total. The summed E-state index contributed by atoms with van der Waals surface area (Å²) >= 11 is 0. The maximum atomic E-state index is 12.6. The summed E-state index contributed by atoms with van der Waals surface area (Å²) in [6.07, 6.45) is 3.90. The molecule has 5 heteroatoms. The van der Waals surface area contributed by atoms with E-state index >= 15 is 0 Å². The fraction of sp³-hybridized carbons (Fsp3) is 0.200. The maximum absolute atomic E-state index is 12.6. The molecule has 1 aromatic heterocycles. The van der Waals surface area contributed by atoms with Gasteiger partial charge in [-0.15, -0.1) is 0 Å². The molecular weight excluding hydrogens is 314 g/mol. The lowest BCUT2D eigenvalue weighted by Crippen LogP contribution is -2.32. The van der Waals surface area contributed by atoms with E-state index < -0.39 is 0 Å². The third-order valence-corrected chi connectivity index (χ3v) is 4.08. The summed E-state index contributed by atoms with van der Waals surface area (Å²) in [6, 6.07) is 17.0. The van der Waals surface area contributed by atoms with Gasteiger partial charge in [-0.05, 0) is 11.6 Å². The molecule has 2 aromatic carbocycles. The van der Waals surface area contributed by atoms with E-state index in [4.69, 9.17) is 4.74 Å². The normalized spacial score (nSPS) is 11.8. The van der Waals surface area contributed by atoms with Gasteiger partial charge >= 0.3 is 0 Å². The second-order valence-electron chi connectivity index (χ2n) is 5.80. The zero-order valence-electron chi connectivity index (χ0n) is 14.3. The minimum Gasteiger partial charge on any atom is -0.496 e. The number of hydrogen-bond donors (Lipinski definition) is 1.